The molecule has 2 heterocycles. The molecule has 0 atom stereocenters. The minimum Gasteiger partial charge on any atom is -0.351 e. The Morgan fingerprint density at radius 3 is 2.79 bits per heavy atom. The molecule has 104 valence electrons. The Labute approximate surface area is 118 Å². The third-order valence-corrected chi connectivity index (χ3v) is 3.72. The van der Waals surface area contributed by atoms with E-state index in [1.165, 1.54) is 25.2 Å². The van der Waals surface area contributed by atoms with Gasteiger partial charge in [0.25, 0.3) is 5.91 Å². The number of piperidine rings is 1. The van der Waals surface area contributed by atoms with E-state index >= 15 is 0 Å². The average Bonchev–Trinajstić information content (AvgIpc) is 2.41. The fourth-order valence-electron chi connectivity index (χ4n) is 2.26. The van der Waals surface area contributed by atoms with Crippen LogP contribution in [0.2, 0.25) is 5.15 Å². The van der Waals surface area contributed by atoms with Crippen LogP contribution >= 0.6 is 11.6 Å². The standard InChI is InChI=1S/C13H19ClN4O/c1-18-6-3-10(4-7-18)2-5-15-13(19)11-8-17-12(14)9-16-11/h8-10H,2-7H2,1H3,(H,15,19). The summed E-state index contributed by atoms with van der Waals surface area (Å²) in [6.45, 7) is 3.00. The predicted octanol–water partition coefficient (Wildman–Crippen LogP) is 1.59. The summed E-state index contributed by atoms with van der Waals surface area (Å²) in [5.41, 5.74) is 0.313. The molecule has 1 amide bonds. The number of hydrogen-bond acceptors (Lipinski definition) is 4. The molecule has 1 aromatic rings. The number of carbonyl (C=O) groups excluding carboxylic acids is 1. The highest BCUT2D eigenvalue weighted by Crippen LogP contribution is 2.18. The van der Waals surface area contributed by atoms with Crippen LogP contribution in [-0.2, 0) is 0 Å². The number of halogens is 1. The van der Waals surface area contributed by atoms with Crippen molar-refractivity contribution in [1.82, 2.24) is 20.2 Å². The Morgan fingerprint density at radius 1 is 1.42 bits per heavy atom. The van der Waals surface area contributed by atoms with Crippen molar-refractivity contribution in [2.24, 2.45) is 5.92 Å². The zero-order chi connectivity index (χ0) is 13.7. The van der Waals surface area contributed by atoms with Crippen LogP contribution in [0.3, 0.4) is 0 Å². The lowest BCUT2D eigenvalue weighted by molar-refractivity contribution is 0.0943. The highest BCUT2D eigenvalue weighted by atomic mass is 35.5. The van der Waals surface area contributed by atoms with E-state index in [1.54, 1.807) is 0 Å². The summed E-state index contributed by atoms with van der Waals surface area (Å²) >= 11 is 5.62. The fourth-order valence-corrected chi connectivity index (χ4v) is 2.36. The lowest BCUT2D eigenvalue weighted by atomic mass is 9.94. The molecule has 0 bridgehead atoms. The minimum atomic E-state index is -0.183. The zero-order valence-corrected chi connectivity index (χ0v) is 11.9. The minimum absolute atomic E-state index is 0.183. The maximum Gasteiger partial charge on any atom is 0.271 e. The van der Waals surface area contributed by atoms with Crippen LogP contribution in [0, 0.1) is 5.92 Å². The third kappa shape index (κ3) is 4.44. The van der Waals surface area contributed by atoms with Gasteiger partial charge >= 0.3 is 0 Å². The first-order valence-corrected chi connectivity index (χ1v) is 6.97. The average molecular weight is 283 g/mol. The molecule has 0 radical (unpaired) electrons. The van der Waals surface area contributed by atoms with Gasteiger partial charge in [-0.1, -0.05) is 11.6 Å². The summed E-state index contributed by atoms with van der Waals surface area (Å²) in [5, 5.41) is 3.17. The van der Waals surface area contributed by atoms with Crippen LogP contribution in [-0.4, -0.2) is 47.5 Å². The van der Waals surface area contributed by atoms with E-state index < -0.39 is 0 Å². The molecule has 19 heavy (non-hydrogen) atoms. The van der Waals surface area contributed by atoms with Gasteiger partial charge in [-0.15, -0.1) is 0 Å². The number of nitrogens with one attached hydrogen (secondary N) is 1. The molecular weight excluding hydrogens is 264 g/mol. The molecule has 1 N–H and O–H groups in total. The Kier molecular flexibility index (Phi) is 5.10. The molecule has 0 unspecified atom stereocenters. The highest BCUT2D eigenvalue weighted by molar-refractivity contribution is 6.29. The van der Waals surface area contributed by atoms with E-state index in [0.717, 1.165) is 19.5 Å². The maximum atomic E-state index is 11.8. The van der Waals surface area contributed by atoms with E-state index in [0.29, 0.717) is 23.3 Å². The molecule has 0 aromatic carbocycles. The lowest BCUT2D eigenvalue weighted by Crippen LogP contribution is -2.32. The first-order valence-electron chi connectivity index (χ1n) is 6.59. The second kappa shape index (κ2) is 6.82. The molecule has 0 saturated carbocycles. The van der Waals surface area contributed by atoms with E-state index in [4.69, 9.17) is 11.6 Å². The van der Waals surface area contributed by atoms with Gasteiger partial charge in [0.1, 0.15) is 10.8 Å². The second-order valence-corrected chi connectivity index (χ2v) is 5.40. The van der Waals surface area contributed by atoms with Gasteiger partial charge in [-0.2, -0.15) is 0 Å². The van der Waals surface area contributed by atoms with Gasteiger partial charge in [0.2, 0.25) is 0 Å². The molecule has 1 aliphatic rings. The zero-order valence-electron chi connectivity index (χ0n) is 11.1. The molecule has 1 aromatic heterocycles. The largest absolute Gasteiger partial charge is 0.351 e. The fraction of sp³-hybridized carbons (Fsp3) is 0.615. The first-order chi connectivity index (χ1) is 9.15. The summed E-state index contributed by atoms with van der Waals surface area (Å²) in [7, 11) is 2.15. The molecule has 6 heteroatoms. The maximum absolute atomic E-state index is 11.8. The van der Waals surface area contributed by atoms with Crippen LogP contribution in [0.15, 0.2) is 12.4 Å². The van der Waals surface area contributed by atoms with Crippen molar-refractivity contribution in [2.45, 2.75) is 19.3 Å². The van der Waals surface area contributed by atoms with Gasteiger partial charge in [-0.3, -0.25) is 4.79 Å². The van der Waals surface area contributed by atoms with Crippen molar-refractivity contribution in [3.8, 4) is 0 Å². The normalized spacial score (nSPS) is 17.4. The third-order valence-electron chi connectivity index (χ3n) is 3.53. The first kappa shape index (κ1) is 14.2. The molecule has 2 rings (SSSR count). The van der Waals surface area contributed by atoms with E-state index in [2.05, 4.69) is 27.2 Å². The highest BCUT2D eigenvalue weighted by Gasteiger charge is 2.16. The van der Waals surface area contributed by atoms with Crippen LogP contribution in [0.25, 0.3) is 0 Å². The van der Waals surface area contributed by atoms with Crippen LogP contribution in [0.5, 0.6) is 0 Å². The Hall–Kier alpha value is -1.20. The van der Waals surface area contributed by atoms with E-state index in [1.807, 2.05) is 0 Å². The van der Waals surface area contributed by atoms with Gasteiger partial charge in [0.15, 0.2) is 0 Å². The van der Waals surface area contributed by atoms with E-state index in [-0.39, 0.29) is 5.91 Å². The van der Waals surface area contributed by atoms with Gasteiger partial charge < -0.3 is 10.2 Å². The van der Waals surface area contributed by atoms with Crippen molar-refractivity contribution < 1.29 is 4.79 Å². The van der Waals surface area contributed by atoms with Gasteiger partial charge in [-0.05, 0) is 45.3 Å². The number of rotatable bonds is 4. The van der Waals surface area contributed by atoms with Crippen LogP contribution < -0.4 is 5.32 Å². The quantitative estimate of drug-likeness (QED) is 0.911. The van der Waals surface area contributed by atoms with Crippen LogP contribution in [0.1, 0.15) is 29.8 Å². The number of carbonyl (C=O) groups is 1. The van der Waals surface area contributed by atoms with Gasteiger partial charge in [0, 0.05) is 6.54 Å². The topological polar surface area (TPSA) is 58.1 Å². The van der Waals surface area contributed by atoms with Crippen LogP contribution in [0.4, 0.5) is 0 Å². The Morgan fingerprint density at radius 2 is 2.16 bits per heavy atom. The monoisotopic (exact) mass is 282 g/mol. The molecule has 0 aliphatic carbocycles. The Bertz CT molecular complexity index is 415. The van der Waals surface area contributed by atoms with Crippen molar-refractivity contribution in [3.63, 3.8) is 0 Å². The Balaban J connectivity index is 1.70. The molecular formula is C13H19ClN4O. The number of amides is 1. The van der Waals surface area contributed by atoms with Crippen molar-refractivity contribution in [3.05, 3.63) is 23.2 Å². The second-order valence-electron chi connectivity index (χ2n) is 5.02. The van der Waals surface area contributed by atoms with Crippen molar-refractivity contribution in [1.29, 1.82) is 0 Å². The number of hydrogen-bond donors (Lipinski definition) is 1. The van der Waals surface area contributed by atoms with E-state index in [9.17, 15) is 4.79 Å². The summed E-state index contributed by atoms with van der Waals surface area (Å²) in [4.78, 5) is 21.9. The molecule has 0 spiro atoms. The number of nitrogens with zero attached hydrogens (tertiary/aromatic N) is 3. The summed E-state index contributed by atoms with van der Waals surface area (Å²) < 4.78 is 0. The summed E-state index contributed by atoms with van der Waals surface area (Å²) in [5.74, 6) is 0.532. The molecule has 1 fully saturated rings. The lowest BCUT2D eigenvalue weighted by Gasteiger charge is -2.28. The predicted molar refractivity (Wildman–Crippen MR) is 74.2 cm³/mol. The molecule has 1 saturated heterocycles. The summed E-state index contributed by atoms with van der Waals surface area (Å²) in [6.07, 6.45) is 6.24. The van der Waals surface area contributed by atoms with Gasteiger partial charge in [0.05, 0.1) is 12.4 Å². The van der Waals surface area contributed by atoms with Crippen molar-refractivity contribution in [2.75, 3.05) is 26.7 Å². The SMILES string of the molecule is CN1CCC(CCNC(=O)c2cnc(Cl)cn2)CC1. The van der Waals surface area contributed by atoms with Gasteiger partial charge in [-0.25, -0.2) is 9.97 Å². The smallest absolute Gasteiger partial charge is 0.271 e. The number of likely N-dealkylation sites (tertiary alicyclic amines) is 1. The number of aromatic nitrogens is 2. The molecule has 5 nitrogen and oxygen atoms in total. The van der Waals surface area contributed by atoms with Crippen molar-refractivity contribution >= 4 is 17.5 Å². The summed E-state index contributed by atoms with van der Waals surface area (Å²) in [6, 6.07) is 0. The molecule has 1 aliphatic heterocycles.